The van der Waals surface area contributed by atoms with E-state index in [4.69, 9.17) is 21.1 Å². The molecule has 0 bridgehead atoms. The number of carbonyl (C=O) groups is 1. The number of nitrogens with one attached hydrogen (secondary N) is 1. The van der Waals surface area contributed by atoms with Crippen LogP contribution in [0.1, 0.15) is 19.8 Å². The van der Waals surface area contributed by atoms with Gasteiger partial charge in [-0.25, -0.2) is 14.4 Å². The van der Waals surface area contributed by atoms with E-state index >= 15 is 0 Å². The summed E-state index contributed by atoms with van der Waals surface area (Å²) < 4.78 is 25.2. The van der Waals surface area contributed by atoms with Gasteiger partial charge in [-0.1, -0.05) is 11.6 Å². The van der Waals surface area contributed by atoms with Crippen molar-refractivity contribution in [3.8, 4) is 11.5 Å². The van der Waals surface area contributed by atoms with Gasteiger partial charge in [-0.05, 0) is 24.3 Å². The van der Waals surface area contributed by atoms with E-state index in [1.165, 1.54) is 18.5 Å². The molecule has 1 saturated heterocycles. The average Bonchev–Trinajstić information content (AvgIpc) is 2.76. The van der Waals surface area contributed by atoms with E-state index in [1.807, 2.05) is 11.0 Å². The highest BCUT2D eigenvalue weighted by atomic mass is 35.5. The smallest absolute Gasteiger partial charge is 0.219 e. The van der Waals surface area contributed by atoms with Crippen LogP contribution in [0.25, 0.3) is 10.9 Å². The van der Waals surface area contributed by atoms with Crippen molar-refractivity contribution in [3.05, 3.63) is 47.5 Å². The van der Waals surface area contributed by atoms with Gasteiger partial charge in [0.2, 0.25) is 5.91 Å². The summed E-state index contributed by atoms with van der Waals surface area (Å²) in [5, 5.41) is 3.90. The molecule has 1 aliphatic rings. The predicted octanol–water partition coefficient (Wildman–Crippen LogP) is 4.56. The molecule has 1 N–H and O–H groups in total. The largest absolute Gasteiger partial charge is 0.493 e. The number of piperidine rings is 1. The molecule has 1 fully saturated rings. The zero-order chi connectivity index (χ0) is 22.0. The minimum absolute atomic E-state index is 0.0194. The number of aromatic nitrogens is 2. The molecule has 0 saturated carbocycles. The van der Waals surface area contributed by atoms with Crippen molar-refractivity contribution >= 4 is 39.9 Å². The SMILES string of the molecule is COc1cc2ncnc(Nc3ccc(F)c(Cl)c3)c2cc1OC1CCN(C(C)=O)CC1. The van der Waals surface area contributed by atoms with E-state index in [9.17, 15) is 9.18 Å². The summed E-state index contributed by atoms with van der Waals surface area (Å²) in [6.45, 7) is 2.91. The zero-order valence-electron chi connectivity index (χ0n) is 17.2. The molecule has 1 aromatic heterocycles. The molecule has 0 unspecified atom stereocenters. The Bertz CT molecular complexity index is 1120. The molecule has 4 rings (SSSR count). The molecule has 9 heteroatoms. The zero-order valence-corrected chi connectivity index (χ0v) is 17.9. The summed E-state index contributed by atoms with van der Waals surface area (Å²) >= 11 is 5.89. The third kappa shape index (κ3) is 4.64. The minimum Gasteiger partial charge on any atom is -0.493 e. The van der Waals surface area contributed by atoms with Crippen molar-refractivity contribution in [1.29, 1.82) is 0 Å². The summed E-state index contributed by atoms with van der Waals surface area (Å²) in [6.07, 6.45) is 2.89. The molecule has 3 aromatic rings. The van der Waals surface area contributed by atoms with Crippen LogP contribution in [0.5, 0.6) is 11.5 Å². The number of nitrogens with zero attached hydrogens (tertiary/aromatic N) is 3. The van der Waals surface area contributed by atoms with Crippen molar-refractivity contribution in [1.82, 2.24) is 14.9 Å². The molecule has 2 aromatic carbocycles. The standard InChI is InChI=1S/C22H22ClFN4O3/c1-13(29)28-7-5-15(6-8-28)31-21-10-16-19(11-20(21)30-2)25-12-26-22(16)27-14-3-4-18(24)17(23)9-14/h3-4,9-12,15H,5-8H2,1-2H3,(H,25,26,27). The van der Waals surface area contributed by atoms with Crippen molar-refractivity contribution in [3.63, 3.8) is 0 Å². The number of ether oxygens (including phenoxy) is 2. The number of hydrogen-bond donors (Lipinski definition) is 1. The van der Waals surface area contributed by atoms with Gasteiger partial charge in [-0.15, -0.1) is 0 Å². The van der Waals surface area contributed by atoms with Gasteiger partial charge < -0.3 is 19.7 Å². The van der Waals surface area contributed by atoms with Crippen molar-refractivity contribution in [2.45, 2.75) is 25.9 Å². The molecule has 0 radical (unpaired) electrons. The van der Waals surface area contributed by atoms with Crippen LogP contribution in [0.2, 0.25) is 5.02 Å². The number of halogens is 2. The first-order valence-corrected chi connectivity index (χ1v) is 10.3. The van der Waals surface area contributed by atoms with E-state index < -0.39 is 5.82 Å². The normalized spacial score (nSPS) is 14.5. The number of hydrogen-bond acceptors (Lipinski definition) is 6. The van der Waals surface area contributed by atoms with Crippen LogP contribution in [-0.2, 0) is 4.79 Å². The summed E-state index contributed by atoms with van der Waals surface area (Å²) in [7, 11) is 1.58. The summed E-state index contributed by atoms with van der Waals surface area (Å²) in [5.74, 6) is 1.26. The minimum atomic E-state index is -0.490. The maximum absolute atomic E-state index is 13.5. The van der Waals surface area contributed by atoms with Crippen molar-refractivity contribution in [2.24, 2.45) is 0 Å². The van der Waals surface area contributed by atoms with E-state index in [-0.39, 0.29) is 17.0 Å². The average molecular weight is 445 g/mol. The second-order valence-electron chi connectivity index (χ2n) is 7.32. The Morgan fingerprint density at radius 3 is 2.65 bits per heavy atom. The van der Waals surface area contributed by atoms with E-state index in [2.05, 4.69) is 15.3 Å². The molecule has 162 valence electrons. The molecular weight excluding hydrogens is 423 g/mol. The van der Waals surface area contributed by atoms with E-state index in [0.717, 1.165) is 18.2 Å². The van der Waals surface area contributed by atoms with Crippen LogP contribution in [0.4, 0.5) is 15.9 Å². The van der Waals surface area contributed by atoms with Gasteiger partial charge in [0.1, 0.15) is 24.1 Å². The van der Waals surface area contributed by atoms with Crippen molar-refractivity contribution in [2.75, 3.05) is 25.5 Å². The number of rotatable bonds is 5. The Kier molecular flexibility index (Phi) is 6.08. The number of benzene rings is 2. The first-order valence-electron chi connectivity index (χ1n) is 9.91. The predicted molar refractivity (Wildman–Crippen MR) is 117 cm³/mol. The second kappa shape index (κ2) is 8.93. The Labute approximate surface area is 184 Å². The highest BCUT2D eigenvalue weighted by Gasteiger charge is 2.23. The Hall–Kier alpha value is -3.13. The van der Waals surface area contributed by atoms with Gasteiger partial charge in [0.25, 0.3) is 0 Å². The molecule has 1 amide bonds. The third-order valence-corrected chi connectivity index (χ3v) is 5.57. The van der Waals surface area contributed by atoms with Crippen molar-refractivity contribution < 1.29 is 18.7 Å². The fourth-order valence-corrected chi connectivity index (χ4v) is 3.77. The maximum Gasteiger partial charge on any atom is 0.219 e. The van der Waals surface area contributed by atoms with Crippen LogP contribution in [-0.4, -0.2) is 47.1 Å². The van der Waals surface area contributed by atoms with E-state index in [1.54, 1.807) is 26.2 Å². The lowest BCUT2D eigenvalue weighted by molar-refractivity contribution is -0.130. The number of methoxy groups -OCH3 is 1. The van der Waals surface area contributed by atoms with E-state index in [0.29, 0.717) is 41.6 Å². The van der Waals surface area contributed by atoms with Gasteiger partial charge in [0.15, 0.2) is 11.5 Å². The fourth-order valence-electron chi connectivity index (χ4n) is 3.59. The lowest BCUT2D eigenvalue weighted by Gasteiger charge is -2.31. The Morgan fingerprint density at radius 1 is 1.19 bits per heavy atom. The summed E-state index contributed by atoms with van der Waals surface area (Å²) in [4.78, 5) is 22.0. The molecule has 7 nitrogen and oxygen atoms in total. The van der Waals surface area contributed by atoms with Crippen LogP contribution < -0.4 is 14.8 Å². The number of anilines is 2. The highest BCUT2D eigenvalue weighted by molar-refractivity contribution is 6.31. The molecule has 2 heterocycles. The topological polar surface area (TPSA) is 76.6 Å². The first kappa shape index (κ1) is 21.1. The fraction of sp³-hybridized carbons (Fsp3) is 0.318. The van der Waals surface area contributed by atoms with Crippen LogP contribution in [0.3, 0.4) is 0 Å². The Morgan fingerprint density at radius 2 is 1.97 bits per heavy atom. The molecule has 0 atom stereocenters. The van der Waals surface area contributed by atoms with Crippen LogP contribution in [0, 0.1) is 5.82 Å². The highest BCUT2D eigenvalue weighted by Crippen LogP contribution is 2.36. The molecule has 0 spiro atoms. The Balaban J connectivity index is 1.62. The third-order valence-electron chi connectivity index (χ3n) is 5.28. The quantitative estimate of drug-likeness (QED) is 0.621. The molecular formula is C22H22ClFN4O3. The molecule has 0 aliphatic carbocycles. The van der Waals surface area contributed by atoms with Crippen LogP contribution >= 0.6 is 11.6 Å². The summed E-state index contributed by atoms with van der Waals surface area (Å²) in [5.41, 5.74) is 1.27. The van der Waals surface area contributed by atoms with Gasteiger partial charge >= 0.3 is 0 Å². The maximum atomic E-state index is 13.5. The molecule has 1 aliphatic heterocycles. The summed E-state index contributed by atoms with van der Waals surface area (Å²) in [6, 6.07) is 7.99. The van der Waals surface area contributed by atoms with Gasteiger partial charge in [-0.2, -0.15) is 0 Å². The second-order valence-corrected chi connectivity index (χ2v) is 7.73. The van der Waals surface area contributed by atoms with Gasteiger partial charge in [-0.3, -0.25) is 4.79 Å². The monoisotopic (exact) mass is 444 g/mol. The van der Waals surface area contributed by atoms with Gasteiger partial charge in [0, 0.05) is 50.0 Å². The molecule has 31 heavy (non-hydrogen) atoms. The lowest BCUT2D eigenvalue weighted by atomic mass is 10.1. The number of fused-ring (bicyclic) bond motifs is 1. The number of amides is 1. The number of carbonyl (C=O) groups excluding carboxylic acids is 1. The van der Waals surface area contributed by atoms with Crippen LogP contribution in [0.15, 0.2) is 36.7 Å². The van der Waals surface area contributed by atoms with Gasteiger partial charge in [0.05, 0.1) is 17.6 Å². The lowest BCUT2D eigenvalue weighted by Crippen LogP contribution is -2.40. The number of likely N-dealkylation sites (tertiary alicyclic amines) is 1. The first-order chi connectivity index (χ1) is 14.9.